The number of halogens is 2. The van der Waals surface area contributed by atoms with E-state index in [4.69, 9.17) is 19.3 Å². The van der Waals surface area contributed by atoms with Crippen molar-refractivity contribution in [2.75, 3.05) is 14.2 Å². The monoisotopic (exact) mass is 529 g/mol. The topological polar surface area (TPSA) is 77.9 Å². The zero-order valence-corrected chi connectivity index (χ0v) is 23.1. The molecule has 1 atom stereocenters. The average Bonchev–Trinajstić information content (AvgIpc) is 2.88. The van der Waals surface area contributed by atoms with Crippen molar-refractivity contribution in [1.82, 2.24) is 4.98 Å². The molecule has 0 saturated carbocycles. The molecule has 8 heteroatoms. The number of ether oxygens (including phenoxy) is 3. The molecule has 206 valence electrons. The molecule has 3 rings (SSSR count). The van der Waals surface area contributed by atoms with Gasteiger partial charge in [-0.05, 0) is 46.2 Å². The molecule has 0 radical (unpaired) electrons. The summed E-state index contributed by atoms with van der Waals surface area (Å²) in [6.07, 6.45) is 0.627. The van der Waals surface area contributed by atoms with Crippen molar-refractivity contribution in [2.24, 2.45) is 5.41 Å². The van der Waals surface area contributed by atoms with Crippen LogP contribution in [0.2, 0.25) is 0 Å². The van der Waals surface area contributed by atoms with Gasteiger partial charge in [0.05, 0.1) is 19.4 Å². The fraction of sp³-hybridized carbons (Fsp3) is 0.400. The van der Waals surface area contributed by atoms with Gasteiger partial charge in [-0.2, -0.15) is 0 Å². The van der Waals surface area contributed by atoms with Gasteiger partial charge in [-0.25, -0.2) is 13.8 Å². The molecule has 1 heterocycles. The van der Waals surface area contributed by atoms with Crippen molar-refractivity contribution < 1.29 is 32.9 Å². The van der Waals surface area contributed by atoms with Gasteiger partial charge < -0.3 is 19.3 Å². The molecule has 0 aliphatic heterocycles. The van der Waals surface area contributed by atoms with Crippen molar-refractivity contribution in [3.05, 3.63) is 77.0 Å². The van der Waals surface area contributed by atoms with Gasteiger partial charge in [-0.15, -0.1) is 0 Å². The molecule has 1 unspecified atom stereocenters. The highest BCUT2D eigenvalue weighted by molar-refractivity contribution is 5.70. The van der Waals surface area contributed by atoms with Gasteiger partial charge in [-0.1, -0.05) is 58.9 Å². The van der Waals surface area contributed by atoms with Crippen LogP contribution in [-0.4, -0.2) is 30.3 Å². The molecule has 0 amide bonds. The van der Waals surface area contributed by atoms with Gasteiger partial charge in [-0.3, -0.25) is 4.79 Å². The predicted molar refractivity (Wildman–Crippen MR) is 143 cm³/mol. The second kappa shape index (κ2) is 13.9. The number of hydrogen-bond donors (Lipinski definition) is 1. The standard InChI is InChI=1S/C28H31F2NO5.C2H6/c1-28(2,3)27(35-5)21-13-17(9-11-19(21)20-14-24(34-4)31-15-22(20)29)16-36-23-8-6-7-18(26(23)30)10-12-25(32)33;1-2/h6-9,11,13-15,27H,10,12,16H2,1-5H3,(H,32,33);1-2H3. The Morgan fingerprint density at radius 1 is 1.05 bits per heavy atom. The molecule has 0 fully saturated rings. The molecule has 38 heavy (non-hydrogen) atoms. The van der Waals surface area contributed by atoms with E-state index in [1.165, 1.54) is 19.2 Å². The van der Waals surface area contributed by atoms with E-state index in [9.17, 15) is 13.6 Å². The van der Waals surface area contributed by atoms with E-state index in [1.54, 1.807) is 31.4 Å². The van der Waals surface area contributed by atoms with E-state index in [0.29, 0.717) is 11.1 Å². The van der Waals surface area contributed by atoms with E-state index in [0.717, 1.165) is 17.3 Å². The van der Waals surface area contributed by atoms with Crippen LogP contribution in [0.15, 0.2) is 48.7 Å². The molecular formula is C30H37F2NO5. The number of nitrogens with zero attached hydrogens (tertiary/aromatic N) is 1. The summed E-state index contributed by atoms with van der Waals surface area (Å²) in [6, 6.07) is 11.6. The Balaban J connectivity index is 0.00000247. The summed E-state index contributed by atoms with van der Waals surface area (Å²) in [5, 5.41) is 8.89. The maximum Gasteiger partial charge on any atom is 0.303 e. The van der Waals surface area contributed by atoms with Crippen LogP contribution in [-0.2, 0) is 22.6 Å². The summed E-state index contributed by atoms with van der Waals surface area (Å²) < 4.78 is 46.5. The number of methoxy groups -OCH3 is 2. The predicted octanol–water partition coefficient (Wildman–Crippen LogP) is 7.39. The number of rotatable bonds is 10. The van der Waals surface area contributed by atoms with Crippen LogP contribution in [0.4, 0.5) is 8.78 Å². The first-order chi connectivity index (χ1) is 18.0. The Morgan fingerprint density at radius 2 is 1.76 bits per heavy atom. The molecule has 0 saturated heterocycles. The third-order valence-electron chi connectivity index (χ3n) is 5.80. The Morgan fingerprint density at radius 3 is 2.37 bits per heavy atom. The SMILES string of the molecule is CC.COc1cc(-c2ccc(COc3cccc(CCC(=O)O)c3F)cc2C(OC)C(C)(C)C)c(F)cn1. The zero-order chi connectivity index (χ0) is 28.5. The highest BCUT2D eigenvalue weighted by Gasteiger charge is 2.29. The van der Waals surface area contributed by atoms with E-state index >= 15 is 0 Å². The number of aryl methyl sites for hydroxylation is 1. The van der Waals surface area contributed by atoms with Gasteiger partial charge in [0, 0.05) is 25.2 Å². The number of carbonyl (C=O) groups is 1. The first-order valence-corrected chi connectivity index (χ1v) is 12.5. The number of aromatic nitrogens is 1. The van der Waals surface area contributed by atoms with Crippen LogP contribution in [0.25, 0.3) is 11.1 Å². The Kier molecular flexibility index (Phi) is 11.2. The van der Waals surface area contributed by atoms with Crippen LogP contribution in [0.3, 0.4) is 0 Å². The van der Waals surface area contributed by atoms with E-state index < -0.39 is 17.6 Å². The second-order valence-electron chi connectivity index (χ2n) is 9.52. The lowest BCUT2D eigenvalue weighted by molar-refractivity contribution is -0.136. The molecule has 0 spiro atoms. The van der Waals surface area contributed by atoms with Crippen LogP contribution in [0.1, 0.15) is 63.8 Å². The molecule has 3 aromatic rings. The quantitative estimate of drug-likeness (QED) is 0.295. The van der Waals surface area contributed by atoms with E-state index in [2.05, 4.69) is 4.98 Å². The normalized spacial score (nSPS) is 11.8. The van der Waals surface area contributed by atoms with E-state index in [-0.39, 0.29) is 48.2 Å². The first kappa shape index (κ1) is 30.7. The smallest absolute Gasteiger partial charge is 0.303 e. The van der Waals surface area contributed by atoms with E-state index in [1.807, 2.05) is 40.7 Å². The number of pyridine rings is 1. The fourth-order valence-electron chi connectivity index (χ4n) is 4.11. The summed E-state index contributed by atoms with van der Waals surface area (Å²) in [4.78, 5) is 14.8. The van der Waals surface area contributed by atoms with Gasteiger partial charge in [0.15, 0.2) is 11.6 Å². The fourth-order valence-corrected chi connectivity index (χ4v) is 4.11. The van der Waals surface area contributed by atoms with Gasteiger partial charge in [0.2, 0.25) is 5.88 Å². The third kappa shape index (κ3) is 7.74. The summed E-state index contributed by atoms with van der Waals surface area (Å²) in [7, 11) is 3.07. The second-order valence-corrected chi connectivity index (χ2v) is 9.52. The molecule has 1 N–H and O–H groups in total. The zero-order valence-electron chi connectivity index (χ0n) is 23.1. The lowest BCUT2D eigenvalue weighted by atomic mass is 9.81. The minimum absolute atomic E-state index is 0.0348. The van der Waals surface area contributed by atoms with Gasteiger partial charge in [0.25, 0.3) is 0 Å². The highest BCUT2D eigenvalue weighted by Crippen LogP contribution is 2.42. The molecule has 0 aliphatic carbocycles. The molecule has 0 aliphatic rings. The Bertz CT molecular complexity index is 1220. The van der Waals surface area contributed by atoms with Crippen molar-refractivity contribution in [3.63, 3.8) is 0 Å². The highest BCUT2D eigenvalue weighted by atomic mass is 19.1. The van der Waals surface area contributed by atoms with Crippen LogP contribution < -0.4 is 9.47 Å². The lowest BCUT2D eigenvalue weighted by Gasteiger charge is -2.32. The molecule has 6 nitrogen and oxygen atoms in total. The summed E-state index contributed by atoms with van der Waals surface area (Å²) in [5.74, 6) is -1.75. The van der Waals surface area contributed by atoms with Crippen molar-refractivity contribution in [3.8, 4) is 22.8 Å². The van der Waals surface area contributed by atoms with Gasteiger partial charge >= 0.3 is 5.97 Å². The number of hydrogen-bond acceptors (Lipinski definition) is 5. The number of carboxylic acid groups (broad SMARTS) is 1. The third-order valence-corrected chi connectivity index (χ3v) is 5.80. The number of carboxylic acids is 1. The Labute approximate surface area is 223 Å². The minimum Gasteiger partial charge on any atom is -0.486 e. The molecule has 1 aromatic heterocycles. The van der Waals surface area contributed by atoms with Gasteiger partial charge in [0.1, 0.15) is 12.4 Å². The van der Waals surface area contributed by atoms with Crippen molar-refractivity contribution in [1.29, 1.82) is 0 Å². The Hall–Kier alpha value is -3.52. The average molecular weight is 530 g/mol. The first-order valence-electron chi connectivity index (χ1n) is 12.5. The maximum atomic E-state index is 14.8. The maximum absolute atomic E-state index is 14.8. The largest absolute Gasteiger partial charge is 0.486 e. The molecule has 2 aromatic carbocycles. The van der Waals surface area contributed by atoms with Crippen molar-refractivity contribution >= 4 is 5.97 Å². The molecular weight excluding hydrogens is 492 g/mol. The summed E-state index contributed by atoms with van der Waals surface area (Å²) in [6.45, 7) is 10.1. The number of benzene rings is 2. The van der Waals surface area contributed by atoms with Crippen molar-refractivity contribution in [2.45, 2.75) is 60.2 Å². The number of aliphatic carboxylic acids is 1. The minimum atomic E-state index is -0.997. The summed E-state index contributed by atoms with van der Waals surface area (Å²) >= 11 is 0. The van der Waals surface area contributed by atoms with Crippen LogP contribution in [0.5, 0.6) is 11.6 Å². The summed E-state index contributed by atoms with van der Waals surface area (Å²) in [5.41, 5.74) is 2.39. The molecule has 0 bridgehead atoms. The van der Waals surface area contributed by atoms with Crippen LogP contribution >= 0.6 is 0 Å². The van der Waals surface area contributed by atoms with Crippen LogP contribution in [0, 0.1) is 17.0 Å². The lowest BCUT2D eigenvalue weighted by Crippen LogP contribution is -2.21.